The van der Waals surface area contributed by atoms with Crippen molar-refractivity contribution >= 4 is 17.8 Å². The van der Waals surface area contributed by atoms with Gasteiger partial charge in [-0.1, -0.05) is 36.3 Å². The Morgan fingerprint density at radius 2 is 1.95 bits per heavy atom. The molecule has 0 radical (unpaired) electrons. The predicted molar refractivity (Wildman–Crippen MR) is 87.5 cm³/mol. The van der Waals surface area contributed by atoms with Gasteiger partial charge in [0.2, 0.25) is 0 Å². The number of nitro groups is 1. The van der Waals surface area contributed by atoms with Crippen LogP contribution in [0.25, 0.3) is 12.2 Å². The van der Waals surface area contributed by atoms with Crippen LogP contribution >= 0.6 is 0 Å². The van der Waals surface area contributed by atoms with E-state index in [1.807, 2.05) is 37.3 Å². The van der Waals surface area contributed by atoms with Gasteiger partial charge in [0.1, 0.15) is 12.4 Å². The summed E-state index contributed by atoms with van der Waals surface area (Å²) in [5.41, 5.74) is 2.86. The SMILES string of the molecule is C#CCOc1c(C)cccc1/C=C/c1ccc([N+](=O)[O-])cc1. The number of ether oxygens (including phenoxy) is 1. The van der Waals surface area contributed by atoms with Gasteiger partial charge in [-0.05, 0) is 30.2 Å². The molecule has 4 heteroatoms. The third-order valence-electron chi connectivity index (χ3n) is 3.10. The van der Waals surface area contributed by atoms with Crippen LogP contribution in [0.15, 0.2) is 42.5 Å². The molecule has 2 aromatic carbocycles. The van der Waals surface area contributed by atoms with Crippen LogP contribution in [0.5, 0.6) is 5.75 Å². The molecular weight excluding hydrogens is 278 g/mol. The molecule has 0 amide bonds. The molecule has 0 heterocycles. The highest BCUT2D eigenvalue weighted by Gasteiger charge is 2.05. The molecule has 0 N–H and O–H groups in total. The average molecular weight is 293 g/mol. The minimum absolute atomic E-state index is 0.0748. The number of para-hydroxylation sites is 1. The van der Waals surface area contributed by atoms with E-state index in [0.717, 1.165) is 22.4 Å². The van der Waals surface area contributed by atoms with Crippen molar-refractivity contribution in [2.45, 2.75) is 6.92 Å². The topological polar surface area (TPSA) is 52.4 Å². The molecule has 2 aromatic rings. The number of terminal acetylenes is 1. The van der Waals surface area contributed by atoms with E-state index in [9.17, 15) is 10.1 Å². The van der Waals surface area contributed by atoms with Gasteiger partial charge in [-0.3, -0.25) is 10.1 Å². The molecule has 110 valence electrons. The van der Waals surface area contributed by atoms with Crippen molar-refractivity contribution in [2.75, 3.05) is 6.61 Å². The Bertz CT molecular complexity index is 740. The summed E-state index contributed by atoms with van der Waals surface area (Å²) in [5, 5.41) is 10.6. The lowest BCUT2D eigenvalue weighted by Crippen LogP contribution is -1.97. The maximum absolute atomic E-state index is 10.6. The van der Waals surface area contributed by atoms with Gasteiger partial charge in [-0.15, -0.1) is 6.42 Å². The van der Waals surface area contributed by atoms with Crippen LogP contribution in [0.3, 0.4) is 0 Å². The van der Waals surface area contributed by atoms with Gasteiger partial charge in [0.15, 0.2) is 0 Å². The first-order chi connectivity index (χ1) is 10.6. The molecule has 0 aliphatic carbocycles. The van der Waals surface area contributed by atoms with E-state index in [1.54, 1.807) is 12.1 Å². The first-order valence-electron chi connectivity index (χ1n) is 6.70. The van der Waals surface area contributed by atoms with Gasteiger partial charge in [0, 0.05) is 17.7 Å². The molecule has 0 saturated heterocycles. The predicted octanol–water partition coefficient (Wildman–Crippen LogP) is 4.09. The lowest BCUT2D eigenvalue weighted by molar-refractivity contribution is -0.384. The highest BCUT2D eigenvalue weighted by atomic mass is 16.6. The maximum atomic E-state index is 10.6. The molecule has 0 atom stereocenters. The number of hydrogen-bond donors (Lipinski definition) is 0. The zero-order valence-corrected chi connectivity index (χ0v) is 12.2. The van der Waals surface area contributed by atoms with Gasteiger partial charge < -0.3 is 4.74 Å². The number of nitro benzene ring substituents is 1. The van der Waals surface area contributed by atoms with Crippen LogP contribution in [-0.2, 0) is 0 Å². The number of rotatable bonds is 5. The number of nitrogens with zero attached hydrogens (tertiary/aromatic N) is 1. The first-order valence-corrected chi connectivity index (χ1v) is 6.70. The molecule has 0 aromatic heterocycles. The van der Waals surface area contributed by atoms with Crippen LogP contribution in [0.4, 0.5) is 5.69 Å². The van der Waals surface area contributed by atoms with E-state index >= 15 is 0 Å². The monoisotopic (exact) mass is 293 g/mol. The Morgan fingerprint density at radius 3 is 2.59 bits per heavy atom. The van der Waals surface area contributed by atoms with E-state index < -0.39 is 4.92 Å². The molecule has 0 unspecified atom stereocenters. The van der Waals surface area contributed by atoms with Crippen LogP contribution < -0.4 is 4.74 Å². The molecule has 2 rings (SSSR count). The standard InChI is InChI=1S/C18H15NO3/c1-3-13-22-18-14(2)5-4-6-16(18)10-7-15-8-11-17(12-9-15)19(20)21/h1,4-12H,13H2,2H3/b10-7+. The van der Waals surface area contributed by atoms with Crippen LogP contribution in [-0.4, -0.2) is 11.5 Å². The quantitative estimate of drug-likeness (QED) is 0.361. The third-order valence-corrected chi connectivity index (χ3v) is 3.10. The summed E-state index contributed by atoms with van der Waals surface area (Å²) in [6.07, 6.45) is 9.01. The van der Waals surface area contributed by atoms with Gasteiger partial charge in [0.05, 0.1) is 4.92 Å². The molecule has 4 nitrogen and oxygen atoms in total. The van der Waals surface area contributed by atoms with Gasteiger partial charge in [-0.2, -0.15) is 0 Å². The molecule has 0 aliphatic rings. The zero-order valence-electron chi connectivity index (χ0n) is 12.2. The number of hydrogen-bond acceptors (Lipinski definition) is 3. The lowest BCUT2D eigenvalue weighted by atomic mass is 10.1. The Balaban J connectivity index is 2.24. The van der Waals surface area contributed by atoms with Gasteiger partial charge >= 0.3 is 0 Å². The summed E-state index contributed by atoms with van der Waals surface area (Å²) in [5.74, 6) is 3.20. The van der Waals surface area contributed by atoms with E-state index in [-0.39, 0.29) is 12.3 Å². The third kappa shape index (κ3) is 3.74. The minimum atomic E-state index is -0.417. The van der Waals surface area contributed by atoms with Crippen LogP contribution in [0.1, 0.15) is 16.7 Å². The molecule has 0 aliphatic heterocycles. The van der Waals surface area contributed by atoms with Crippen molar-refractivity contribution in [1.82, 2.24) is 0 Å². The highest BCUT2D eigenvalue weighted by Crippen LogP contribution is 2.25. The minimum Gasteiger partial charge on any atom is -0.480 e. The van der Waals surface area contributed by atoms with Gasteiger partial charge in [0.25, 0.3) is 5.69 Å². The van der Waals surface area contributed by atoms with Crippen molar-refractivity contribution < 1.29 is 9.66 Å². The Morgan fingerprint density at radius 1 is 1.23 bits per heavy atom. The van der Waals surface area contributed by atoms with E-state index in [4.69, 9.17) is 11.2 Å². The Labute approximate surface area is 129 Å². The molecule has 0 saturated carbocycles. The zero-order chi connectivity index (χ0) is 15.9. The fourth-order valence-corrected chi connectivity index (χ4v) is 2.01. The summed E-state index contributed by atoms with van der Waals surface area (Å²) in [7, 11) is 0. The van der Waals surface area contributed by atoms with E-state index in [1.165, 1.54) is 12.1 Å². The second-order valence-electron chi connectivity index (χ2n) is 4.67. The normalized spacial score (nSPS) is 10.4. The maximum Gasteiger partial charge on any atom is 0.269 e. The van der Waals surface area contributed by atoms with Crippen molar-refractivity contribution in [1.29, 1.82) is 0 Å². The van der Waals surface area contributed by atoms with Crippen molar-refractivity contribution in [3.05, 3.63) is 69.3 Å². The summed E-state index contributed by atoms with van der Waals surface area (Å²) < 4.78 is 5.58. The fourth-order valence-electron chi connectivity index (χ4n) is 2.01. The van der Waals surface area contributed by atoms with Gasteiger partial charge in [-0.25, -0.2) is 0 Å². The molecule has 0 bridgehead atoms. The Kier molecular flexibility index (Phi) is 4.94. The van der Waals surface area contributed by atoms with E-state index in [2.05, 4.69) is 5.92 Å². The van der Waals surface area contributed by atoms with E-state index in [0.29, 0.717) is 0 Å². The lowest BCUT2D eigenvalue weighted by Gasteiger charge is -2.09. The second kappa shape index (κ2) is 7.09. The molecule has 0 spiro atoms. The average Bonchev–Trinajstić information content (AvgIpc) is 2.52. The van der Waals surface area contributed by atoms with Crippen molar-refractivity contribution in [2.24, 2.45) is 0 Å². The highest BCUT2D eigenvalue weighted by molar-refractivity contribution is 5.73. The number of aryl methyl sites for hydroxylation is 1. The molecule has 0 fully saturated rings. The van der Waals surface area contributed by atoms with Crippen LogP contribution in [0.2, 0.25) is 0 Å². The largest absolute Gasteiger partial charge is 0.480 e. The molecular formula is C18H15NO3. The fraction of sp³-hybridized carbons (Fsp3) is 0.111. The number of benzene rings is 2. The first kappa shape index (κ1) is 15.3. The van der Waals surface area contributed by atoms with Crippen molar-refractivity contribution in [3.63, 3.8) is 0 Å². The summed E-state index contributed by atoms with van der Waals surface area (Å²) in [4.78, 5) is 10.2. The molecule has 22 heavy (non-hydrogen) atoms. The Hall–Kier alpha value is -3.06. The summed E-state index contributed by atoms with van der Waals surface area (Å²) in [6, 6.07) is 12.2. The second-order valence-corrected chi connectivity index (χ2v) is 4.67. The van der Waals surface area contributed by atoms with Crippen molar-refractivity contribution in [3.8, 4) is 18.1 Å². The summed E-state index contributed by atoms with van der Waals surface area (Å²) >= 11 is 0. The smallest absolute Gasteiger partial charge is 0.269 e. The summed E-state index contributed by atoms with van der Waals surface area (Å²) in [6.45, 7) is 2.16. The number of non-ortho nitro benzene ring substituents is 1. The van der Waals surface area contributed by atoms with Crippen LogP contribution in [0, 0.1) is 29.4 Å².